The number of carbonyl (C=O) groups excluding carboxylic acids is 1. The molecule has 1 aliphatic rings. The fraction of sp³-hybridized carbons (Fsp3) is 0.200. The molecule has 1 aromatic heterocycles. The van der Waals surface area contributed by atoms with Crippen LogP contribution in [-0.2, 0) is 0 Å². The van der Waals surface area contributed by atoms with E-state index < -0.39 is 0 Å². The Morgan fingerprint density at radius 1 is 1.11 bits per heavy atom. The molecule has 0 spiro atoms. The molecule has 138 valence electrons. The SMILES string of the molecule is CN(C)c1ccccc1NC(=O)c1csc(-c2ccc3c(c2)OCCO3)n1. The van der Waals surface area contributed by atoms with Crippen molar-refractivity contribution in [2.75, 3.05) is 37.5 Å². The van der Waals surface area contributed by atoms with Gasteiger partial charge in [0.25, 0.3) is 5.91 Å². The number of thiazole rings is 1. The van der Waals surface area contributed by atoms with Crippen LogP contribution in [0, 0.1) is 0 Å². The quantitative estimate of drug-likeness (QED) is 0.743. The van der Waals surface area contributed by atoms with Crippen molar-refractivity contribution in [3.05, 3.63) is 53.5 Å². The molecule has 0 atom stereocenters. The van der Waals surface area contributed by atoms with Gasteiger partial charge in [-0.1, -0.05) is 12.1 Å². The monoisotopic (exact) mass is 381 g/mol. The zero-order valence-electron chi connectivity index (χ0n) is 15.1. The molecule has 7 heteroatoms. The summed E-state index contributed by atoms with van der Waals surface area (Å²) < 4.78 is 11.2. The van der Waals surface area contributed by atoms with Crippen LogP contribution in [0.2, 0.25) is 0 Å². The van der Waals surface area contributed by atoms with Crippen LogP contribution in [0.1, 0.15) is 10.5 Å². The number of rotatable bonds is 4. The van der Waals surface area contributed by atoms with Crippen molar-refractivity contribution in [3.8, 4) is 22.1 Å². The molecule has 3 aromatic rings. The number of para-hydroxylation sites is 2. The van der Waals surface area contributed by atoms with E-state index in [1.54, 1.807) is 5.38 Å². The third kappa shape index (κ3) is 3.59. The molecule has 1 N–H and O–H groups in total. The largest absolute Gasteiger partial charge is 0.486 e. The fourth-order valence-electron chi connectivity index (χ4n) is 2.84. The minimum Gasteiger partial charge on any atom is -0.486 e. The Kier molecular flexibility index (Phi) is 4.68. The summed E-state index contributed by atoms with van der Waals surface area (Å²) in [5, 5.41) is 5.47. The van der Waals surface area contributed by atoms with Gasteiger partial charge in [-0.25, -0.2) is 4.98 Å². The zero-order valence-corrected chi connectivity index (χ0v) is 15.9. The Hall–Kier alpha value is -3.06. The highest BCUT2D eigenvalue weighted by Crippen LogP contribution is 2.35. The van der Waals surface area contributed by atoms with E-state index in [-0.39, 0.29) is 5.91 Å². The average molecular weight is 381 g/mol. The molecular formula is C20H19N3O3S. The molecule has 6 nitrogen and oxygen atoms in total. The van der Waals surface area contributed by atoms with Gasteiger partial charge in [0.2, 0.25) is 0 Å². The van der Waals surface area contributed by atoms with Gasteiger partial charge in [0.15, 0.2) is 11.5 Å². The van der Waals surface area contributed by atoms with Crippen LogP contribution in [0.25, 0.3) is 10.6 Å². The number of ether oxygens (including phenoxy) is 2. The van der Waals surface area contributed by atoms with E-state index in [1.165, 1.54) is 11.3 Å². The summed E-state index contributed by atoms with van der Waals surface area (Å²) in [6.07, 6.45) is 0. The Bertz CT molecular complexity index is 984. The second kappa shape index (κ2) is 7.28. The zero-order chi connectivity index (χ0) is 18.8. The molecule has 1 aliphatic heterocycles. The number of carbonyl (C=O) groups is 1. The van der Waals surface area contributed by atoms with Crippen molar-refractivity contribution in [1.29, 1.82) is 0 Å². The fourth-order valence-corrected chi connectivity index (χ4v) is 3.64. The van der Waals surface area contributed by atoms with Gasteiger partial charge in [0, 0.05) is 25.0 Å². The summed E-state index contributed by atoms with van der Waals surface area (Å²) >= 11 is 1.42. The Morgan fingerprint density at radius 2 is 1.89 bits per heavy atom. The summed E-state index contributed by atoms with van der Waals surface area (Å²) in [5.41, 5.74) is 2.98. The maximum atomic E-state index is 12.6. The van der Waals surface area contributed by atoms with E-state index in [2.05, 4.69) is 10.3 Å². The number of hydrogen-bond donors (Lipinski definition) is 1. The smallest absolute Gasteiger partial charge is 0.275 e. The predicted octanol–water partition coefficient (Wildman–Crippen LogP) is 3.90. The summed E-state index contributed by atoms with van der Waals surface area (Å²) in [7, 11) is 3.88. The third-order valence-corrected chi connectivity index (χ3v) is 5.05. The summed E-state index contributed by atoms with van der Waals surface area (Å²) in [5.74, 6) is 1.21. The van der Waals surface area contributed by atoms with Crippen molar-refractivity contribution in [2.45, 2.75) is 0 Å². The molecule has 1 amide bonds. The van der Waals surface area contributed by atoms with Crippen molar-refractivity contribution in [3.63, 3.8) is 0 Å². The van der Waals surface area contributed by atoms with E-state index in [0.717, 1.165) is 27.7 Å². The predicted molar refractivity (Wildman–Crippen MR) is 107 cm³/mol. The highest BCUT2D eigenvalue weighted by atomic mass is 32.1. The van der Waals surface area contributed by atoms with Crippen LogP contribution in [0.3, 0.4) is 0 Å². The van der Waals surface area contributed by atoms with Crippen molar-refractivity contribution >= 4 is 28.6 Å². The van der Waals surface area contributed by atoms with Crippen LogP contribution in [0.5, 0.6) is 11.5 Å². The third-order valence-electron chi connectivity index (χ3n) is 4.16. The number of aromatic nitrogens is 1. The maximum absolute atomic E-state index is 12.6. The molecule has 0 saturated heterocycles. The summed E-state index contributed by atoms with van der Waals surface area (Å²) in [6.45, 7) is 1.09. The number of nitrogens with one attached hydrogen (secondary N) is 1. The Balaban J connectivity index is 1.55. The number of fused-ring (bicyclic) bond motifs is 1. The average Bonchev–Trinajstić information content (AvgIpc) is 3.18. The maximum Gasteiger partial charge on any atom is 0.275 e. The molecule has 0 radical (unpaired) electrons. The van der Waals surface area contributed by atoms with Gasteiger partial charge in [-0.15, -0.1) is 11.3 Å². The number of benzene rings is 2. The second-order valence-corrected chi connectivity index (χ2v) is 7.12. The van der Waals surface area contributed by atoms with Crippen molar-refractivity contribution < 1.29 is 14.3 Å². The van der Waals surface area contributed by atoms with Crippen LogP contribution in [0.4, 0.5) is 11.4 Å². The van der Waals surface area contributed by atoms with Crippen molar-refractivity contribution in [1.82, 2.24) is 4.98 Å². The van der Waals surface area contributed by atoms with Crippen LogP contribution >= 0.6 is 11.3 Å². The van der Waals surface area contributed by atoms with E-state index in [0.29, 0.717) is 24.7 Å². The molecule has 0 saturated carbocycles. The standard InChI is InChI=1S/C20H19N3O3S/c1-23(2)16-6-4-3-5-14(16)21-19(24)15-12-27-20(22-15)13-7-8-17-18(11-13)26-10-9-25-17/h3-8,11-12H,9-10H2,1-2H3,(H,21,24). The molecule has 2 heterocycles. The Morgan fingerprint density at radius 3 is 2.70 bits per heavy atom. The molecule has 0 bridgehead atoms. The van der Waals surface area contributed by atoms with Crippen LogP contribution < -0.4 is 19.7 Å². The number of hydrogen-bond acceptors (Lipinski definition) is 6. The lowest BCUT2D eigenvalue weighted by molar-refractivity contribution is 0.102. The molecule has 2 aromatic carbocycles. The first kappa shape index (κ1) is 17.4. The van der Waals surface area contributed by atoms with Gasteiger partial charge in [0.05, 0.1) is 11.4 Å². The molecule has 0 aliphatic carbocycles. The van der Waals surface area contributed by atoms with E-state index in [4.69, 9.17) is 9.47 Å². The van der Waals surface area contributed by atoms with E-state index >= 15 is 0 Å². The van der Waals surface area contributed by atoms with Gasteiger partial charge in [0.1, 0.15) is 23.9 Å². The first-order valence-corrected chi connectivity index (χ1v) is 9.43. The van der Waals surface area contributed by atoms with Crippen molar-refractivity contribution in [2.24, 2.45) is 0 Å². The lowest BCUT2D eigenvalue weighted by atomic mass is 10.2. The second-order valence-electron chi connectivity index (χ2n) is 6.26. The number of amides is 1. The summed E-state index contributed by atoms with van der Waals surface area (Å²) in [4.78, 5) is 19.1. The van der Waals surface area contributed by atoms with Gasteiger partial charge in [-0.2, -0.15) is 0 Å². The van der Waals surface area contributed by atoms with Gasteiger partial charge in [-0.3, -0.25) is 4.79 Å². The highest BCUT2D eigenvalue weighted by Gasteiger charge is 2.17. The Labute approximate surface area is 161 Å². The molecule has 0 unspecified atom stereocenters. The first-order chi connectivity index (χ1) is 13.1. The van der Waals surface area contributed by atoms with E-state index in [9.17, 15) is 4.79 Å². The van der Waals surface area contributed by atoms with Crippen LogP contribution in [-0.4, -0.2) is 38.2 Å². The normalized spacial score (nSPS) is 12.5. The minimum atomic E-state index is -0.232. The topological polar surface area (TPSA) is 63.7 Å². The lowest BCUT2D eigenvalue weighted by Crippen LogP contribution is -2.17. The van der Waals surface area contributed by atoms with Crippen LogP contribution in [0.15, 0.2) is 47.8 Å². The number of nitrogens with zero attached hydrogens (tertiary/aromatic N) is 2. The molecule has 0 fully saturated rings. The lowest BCUT2D eigenvalue weighted by Gasteiger charge is -2.18. The van der Waals surface area contributed by atoms with Gasteiger partial charge < -0.3 is 19.7 Å². The highest BCUT2D eigenvalue weighted by molar-refractivity contribution is 7.13. The minimum absolute atomic E-state index is 0.232. The molecule has 4 rings (SSSR count). The van der Waals surface area contributed by atoms with E-state index in [1.807, 2.05) is 61.5 Å². The van der Waals surface area contributed by atoms with Gasteiger partial charge in [-0.05, 0) is 30.3 Å². The molecular weight excluding hydrogens is 362 g/mol. The summed E-state index contributed by atoms with van der Waals surface area (Å²) in [6, 6.07) is 13.4. The first-order valence-electron chi connectivity index (χ1n) is 8.55. The number of anilines is 2. The molecule has 27 heavy (non-hydrogen) atoms. The van der Waals surface area contributed by atoms with Gasteiger partial charge >= 0.3 is 0 Å².